The molecular weight excluding hydrogens is 224 g/mol. The van der Waals surface area contributed by atoms with E-state index in [-0.39, 0.29) is 5.91 Å². The number of amides is 1. The zero-order valence-electron chi connectivity index (χ0n) is 12.4. The van der Waals surface area contributed by atoms with Gasteiger partial charge in [0, 0.05) is 6.54 Å². The quantitative estimate of drug-likeness (QED) is 0.681. The fourth-order valence-corrected chi connectivity index (χ4v) is 2.13. The third-order valence-electron chi connectivity index (χ3n) is 3.95. The lowest BCUT2D eigenvalue weighted by atomic mass is 9.83. The molecule has 0 spiro atoms. The van der Waals surface area contributed by atoms with E-state index in [2.05, 4.69) is 25.2 Å². The van der Waals surface area contributed by atoms with Gasteiger partial charge >= 0.3 is 0 Å². The van der Waals surface area contributed by atoms with Crippen LogP contribution in [0, 0.1) is 22.7 Å². The van der Waals surface area contributed by atoms with Gasteiger partial charge in [0.2, 0.25) is 5.91 Å². The van der Waals surface area contributed by atoms with E-state index in [4.69, 9.17) is 0 Å². The topological polar surface area (TPSA) is 52.9 Å². The maximum Gasteiger partial charge on any atom is 0.240 e. The monoisotopic (exact) mass is 252 g/mol. The summed E-state index contributed by atoms with van der Waals surface area (Å²) in [5.41, 5.74) is -0.830. The van der Waals surface area contributed by atoms with Crippen LogP contribution in [-0.2, 0) is 4.79 Å². The molecule has 0 rings (SSSR count). The Labute approximate surface area is 112 Å². The fraction of sp³-hybridized carbons (Fsp3) is 0.867. The summed E-state index contributed by atoms with van der Waals surface area (Å²) in [6.45, 7) is 8.85. The summed E-state index contributed by atoms with van der Waals surface area (Å²) in [7, 11) is 0. The maximum atomic E-state index is 12.1. The zero-order valence-corrected chi connectivity index (χ0v) is 12.4. The summed E-state index contributed by atoms with van der Waals surface area (Å²) in [6, 6.07) is 2.19. The summed E-state index contributed by atoms with van der Waals surface area (Å²) < 4.78 is 0. The van der Waals surface area contributed by atoms with Gasteiger partial charge < -0.3 is 5.32 Å². The van der Waals surface area contributed by atoms with E-state index in [9.17, 15) is 10.1 Å². The van der Waals surface area contributed by atoms with Crippen LogP contribution in [0.15, 0.2) is 0 Å². The van der Waals surface area contributed by atoms with Crippen molar-refractivity contribution in [2.45, 2.75) is 66.2 Å². The molecule has 0 aliphatic rings. The van der Waals surface area contributed by atoms with Gasteiger partial charge in [-0.1, -0.05) is 47.0 Å². The molecule has 0 heterocycles. The number of hydrogen-bond acceptors (Lipinski definition) is 2. The lowest BCUT2D eigenvalue weighted by Gasteiger charge is -2.24. The van der Waals surface area contributed by atoms with E-state index in [1.54, 1.807) is 0 Å². The molecule has 0 saturated heterocycles. The molecule has 0 aromatic rings. The first-order valence-electron chi connectivity index (χ1n) is 7.29. The van der Waals surface area contributed by atoms with Gasteiger partial charge in [0.25, 0.3) is 0 Å². The zero-order chi connectivity index (χ0) is 14.0. The van der Waals surface area contributed by atoms with Crippen molar-refractivity contribution in [2.75, 3.05) is 6.54 Å². The maximum absolute atomic E-state index is 12.1. The molecule has 0 saturated carbocycles. The van der Waals surface area contributed by atoms with Gasteiger partial charge in [-0.05, 0) is 25.2 Å². The smallest absolute Gasteiger partial charge is 0.240 e. The lowest BCUT2D eigenvalue weighted by molar-refractivity contribution is -0.128. The molecule has 0 aromatic carbocycles. The largest absolute Gasteiger partial charge is 0.354 e. The molecular formula is C15H28N2O. The summed E-state index contributed by atoms with van der Waals surface area (Å²) in [5.74, 6) is 0.448. The molecule has 3 nitrogen and oxygen atoms in total. The van der Waals surface area contributed by atoms with Crippen LogP contribution in [0.2, 0.25) is 0 Å². The van der Waals surface area contributed by atoms with Crippen LogP contribution in [0.4, 0.5) is 0 Å². The van der Waals surface area contributed by atoms with E-state index < -0.39 is 5.41 Å². The second-order valence-electron chi connectivity index (χ2n) is 5.03. The minimum Gasteiger partial charge on any atom is -0.354 e. The molecule has 104 valence electrons. The first-order valence-corrected chi connectivity index (χ1v) is 7.29. The highest BCUT2D eigenvalue weighted by atomic mass is 16.2. The van der Waals surface area contributed by atoms with Crippen molar-refractivity contribution in [2.24, 2.45) is 11.3 Å². The molecule has 0 bridgehead atoms. The standard InChI is InChI=1S/C15H28N2O/c1-5-9-10-13(6-2)11-17-14(18)15(7-3,8-4)12-16/h13H,5-11H2,1-4H3,(H,17,18). The second kappa shape index (κ2) is 8.97. The molecule has 0 radical (unpaired) electrons. The Balaban J connectivity index is 4.34. The SMILES string of the molecule is CCCCC(CC)CNC(=O)C(C#N)(CC)CC. The Bertz CT molecular complexity index is 277. The van der Waals surface area contributed by atoms with Gasteiger partial charge in [0.1, 0.15) is 5.41 Å². The Kier molecular flexibility index (Phi) is 8.45. The van der Waals surface area contributed by atoms with Crippen molar-refractivity contribution in [1.82, 2.24) is 5.32 Å². The number of carbonyl (C=O) groups is 1. The molecule has 0 aliphatic carbocycles. The third-order valence-corrected chi connectivity index (χ3v) is 3.95. The highest BCUT2D eigenvalue weighted by Gasteiger charge is 2.34. The van der Waals surface area contributed by atoms with Gasteiger partial charge in [-0.25, -0.2) is 0 Å². The average molecular weight is 252 g/mol. The third kappa shape index (κ3) is 4.68. The first-order chi connectivity index (χ1) is 8.60. The molecule has 1 amide bonds. The predicted octanol–water partition coefficient (Wildman–Crippen LogP) is 3.65. The van der Waals surface area contributed by atoms with Gasteiger partial charge in [0.05, 0.1) is 6.07 Å². The first kappa shape index (κ1) is 17.0. The molecule has 0 aliphatic heterocycles. The summed E-state index contributed by atoms with van der Waals surface area (Å²) >= 11 is 0. The van der Waals surface area contributed by atoms with E-state index in [1.165, 1.54) is 12.8 Å². The molecule has 18 heavy (non-hydrogen) atoms. The van der Waals surface area contributed by atoms with Crippen molar-refractivity contribution < 1.29 is 4.79 Å². The molecule has 1 atom stereocenters. The van der Waals surface area contributed by atoms with Gasteiger partial charge in [-0.15, -0.1) is 0 Å². The van der Waals surface area contributed by atoms with Crippen LogP contribution in [0.25, 0.3) is 0 Å². The van der Waals surface area contributed by atoms with Gasteiger partial charge in [-0.3, -0.25) is 4.79 Å². The number of rotatable bonds is 9. The van der Waals surface area contributed by atoms with Crippen LogP contribution in [0.3, 0.4) is 0 Å². The highest BCUT2D eigenvalue weighted by Crippen LogP contribution is 2.25. The van der Waals surface area contributed by atoms with Crippen LogP contribution in [0.5, 0.6) is 0 Å². The van der Waals surface area contributed by atoms with E-state index in [1.807, 2.05) is 13.8 Å². The second-order valence-corrected chi connectivity index (χ2v) is 5.03. The fourth-order valence-electron chi connectivity index (χ4n) is 2.13. The molecule has 0 fully saturated rings. The van der Waals surface area contributed by atoms with Crippen molar-refractivity contribution in [3.63, 3.8) is 0 Å². The summed E-state index contributed by atoms with van der Waals surface area (Å²) in [4.78, 5) is 12.1. The van der Waals surface area contributed by atoms with Crippen molar-refractivity contribution >= 4 is 5.91 Å². The summed E-state index contributed by atoms with van der Waals surface area (Å²) in [5, 5.41) is 12.2. The minimum atomic E-state index is -0.830. The molecule has 1 unspecified atom stereocenters. The van der Waals surface area contributed by atoms with E-state index >= 15 is 0 Å². The van der Waals surface area contributed by atoms with Crippen molar-refractivity contribution in [3.05, 3.63) is 0 Å². The van der Waals surface area contributed by atoms with Crippen molar-refractivity contribution in [1.29, 1.82) is 5.26 Å². The van der Waals surface area contributed by atoms with Crippen molar-refractivity contribution in [3.8, 4) is 6.07 Å². The number of nitriles is 1. The number of nitrogens with one attached hydrogen (secondary N) is 1. The Morgan fingerprint density at radius 2 is 1.89 bits per heavy atom. The lowest BCUT2D eigenvalue weighted by Crippen LogP contribution is -2.41. The van der Waals surface area contributed by atoms with E-state index in [0.29, 0.717) is 25.3 Å². The van der Waals surface area contributed by atoms with Crippen LogP contribution in [-0.4, -0.2) is 12.5 Å². The Hall–Kier alpha value is -1.04. The Morgan fingerprint density at radius 1 is 1.28 bits per heavy atom. The number of hydrogen-bond donors (Lipinski definition) is 1. The molecule has 1 N–H and O–H groups in total. The molecule has 3 heteroatoms. The highest BCUT2D eigenvalue weighted by molar-refractivity contribution is 5.85. The van der Waals surface area contributed by atoms with Crippen LogP contribution < -0.4 is 5.32 Å². The number of unbranched alkanes of at least 4 members (excludes halogenated alkanes) is 1. The number of nitrogens with zero attached hydrogens (tertiary/aromatic N) is 1. The van der Waals surface area contributed by atoms with Crippen LogP contribution in [0.1, 0.15) is 66.2 Å². The Morgan fingerprint density at radius 3 is 2.28 bits per heavy atom. The van der Waals surface area contributed by atoms with Gasteiger partial charge in [0.15, 0.2) is 0 Å². The number of carbonyl (C=O) groups excluding carboxylic acids is 1. The normalized spacial score (nSPS) is 12.8. The van der Waals surface area contributed by atoms with Crippen LogP contribution >= 0.6 is 0 Å². The summed E-state index contributed by atoms with van der Waals surface area (Å²) in [6.07, 6.45) is 5.80. The molecule has 0 aromatic heterocycles. The predicted molar refractivity (Wildman–Crippen MR) is 74.9 cm³/mol. The van der Waals surface area contributed by atoms with Gasteiger partial charge in [-0.2, -0.15) is 5.26 Å². The minimum absolute atomic E-state index is 0.0926. The average Bonchev–Trinajstić information content (AvgIpc) is 2.41. The van der Waals surface area contributed by atoms with E-state index in [0.717, 1.165) is 12.8 Å².